The fraction of sp³-hybridized carbons (Fsp3) is 0.182. The quantitative estimate of drug-likeness (QED) is 0.742. The van der Waals surface area contributed by atoms with Crippen LogP contribution in [-0.2, 0) is 4.79 Å². The van der Waals surface area contributed by atoms with Crippen molar-refractivity contribution in [1.29, 1.82) is 0 Å². The summed E-state index contributed by atoms with van der Waals surface area (Å²) in [6.45, 7) is 1.73. The second-order valence-corrected chi connectivity index (χ2v) is 6.60. The Morgan fingerprint density at radius 3 is 2.11 bits per heavy atom. The van der Waals surface area contributed by atoms with E-state index in [1.165, 1.54) is 4.90 Å². The fourth-order valence-corrected chi connectivity index (χ4v) is 2.90. The molecular formula is C22H21NO4. The number of fused-ring (bicyclic) bond motifs is 1. The van der Waals surface area contributed by atoms with Gasteiger partial charge in [0, 0.05) is 14.1 Å². The third kappa shape index (κ3) is 4.08. The van der Waals surface area contributed by atoms with Crippen molar-refractivity contribution in [3.05, 3.63) is 66.2 Å². The first-order valence-electron chi connectivity index (χ1n) is 8.60. The summed E-state index contributed by atoms with van der Waals surface area (Å²) in [4.78, 5) is 24.4. The van der Waals surface area contributed by atoms with Gasteiger partial charge in [0.05, 0.1) is 5.56 Å². The zero-order valence-electron chi connectivity index (χ0n) is 15.5. The largest absolute Gasteiger partial charge is 0.481 e. The van der Waals surface area contributed by atoms with E-state index >= 15 is 0 Å². The number of carbonyl (C=O) groups is 2. The van der Waals surface area contributed by atoms with Crippen LogP contribution >= 0.6 is 0 Å². The van der Waals surface area contributed by atoms with E-state index in [0.29, 0.717) is 5.75 Å². The summed E-state index contributed by atoms with van der Waals surface area (Å²) in [5.74, 6) is -0.381. The van der Waals surface area contributed by atoms with Crippen LogP contribution in [0.5, 0.6) is 5.75 Å². The lowest BCUT2D eigenvalue weighted by molar-refractivity contribution is -0.135. The molecule has 1 atom stereocenters. The van der Waals surface area contributed by atoms with Gasteiger partial charge in [-0.2, -0.15) is 0 Å². The maximum Gasteiger partial charge on any atom is 0.335 e. The number of carboxylic acids is 1. The van der Waals surface area contributed by atoms with Crippen LogP contribution in [0, 0.1) is 0 Å². The van der Waals surface area contributed by atoms with Crippen molar-refractivity contribution in [2.45, 2.75) is 13.0 Å². The monoisotopic (exact) mass is 363 g/mol. The summed E-state index contributed by atoms with van der Waals surface area (Å²) in [6.07, 6.45) is -0.551. The second kappa shape index (κ2) is 7.50. The lowest BCUT2D eigenvalue weighted by atomic mass is 10.00. The molecule has 3 rings (SSSR count). The molecule has 1 amide bonds. The van der Waals surface area contributed by atoms with Gasteiger partial charge in [0.25, 0.3) is 5.91 Å². The van der Waals surface area contributed by atoms with Crippen molar-refractivity contribution < 1.29 is 19.4 Å². The Morgan fingerprint density at radius 2 is 1.48 bits per heavy atom. The summed E-state index contributed by atoms with van der Waals surface area (Å²) in [6, 6.07) is 18.5. The van der Waals surface area contributed by atoms with E-state index in [1.807, 2.05) is 36.4 Å². The molecule has 0 aliphatic heterocycles. The average Bonchev–Trinajstić information content (AvgIpc) is 2.66. The molecule has 27 heavy (non-hydrogen) atoms. The summed E-state index contributed by atoms with van der Waals surface area (Å²) in [5.41, 5.74) is 2.22. The topological polar surface area (TPSA) is 66.8 Å². The number of hydrogen-bond donors (Lipinski definition) is 1. The number of likely N-dealkylation sites (N-methyl/N-ethyl adjacent to an activating group) is 1. The molecule has 0 radical (unpaired) electrons. The Morgan fingerprint density at radius 1 is 0.889 bits per heavy atom. The minimum atomic E-state index is -0.936. The number of hydrogen-bond acceptors (Lipinski definition) is 3. The summed E-state index contributed by atoms with van der Waals surface area (Å²) >= 11 is 0. The minimum absolute atomic E-state index is 0.0877. The molecule has 138 valence electrons. The van der Waals surface area contributed by atoms with Gasteiger partial charge in [-0.3, -0.25) is 4.79 Å². The van der Waals surface area contributed by atoms with Crippen LogP contribution in [0.25, 0.3) is 21.9 Å². The molecule has 3 aromatic rings. The summed E-state index contributed by atoms with van der Waals surface area (Å²) < 4.78 is 5.75. The SMILES string of the molecule is CC(Oc1ccc2cc(-c3ccc(C(=O)O)cc3)ccc2c1)C(=O)N(C)C. The Bertz CT molecular complexity index is 993. The molecule has 0 aliphatic rings. The van der Waals surface area contributed by atoms with Gasteiger partial charge in [-0.25, -0.2) is 4.79 Å². The van der Waals surface area contributed by atoms with Crippen molar-refractivity contribution >= 4 is 22.6 Å². The van der Waals surface area contributed by atoms with Crippen molar-refractivity contribution in [2.24, 2.45) is 0 Å². The Balaban J connectivity index is 1.84. The maximum absolute atomic E-state index is 11.9. The van der Waals surface area contributed by atoms with Gasteiger partial charge in [-0.05, 0) is 59.2 Å². The van der Waals surface area contributed by atoms with E-state index in [4.69, 9.17) is 9.84 Å². The number of carbonyl (C=O) groups excluding carboxylic acids is 1. The van der Waals surface area contributed by atoms with E-state index < -0.39 is 12.1 Å². The third-order valence-corrected chi connectivity index (χ3v) is 4.38. The molecular weight excluding hydrogens is 342 g/mol. The molecule has 0 fully saturated rings. The summed E-state index contributed by atoms with van der Waals surface area (Å²) in [5, 5.41) is 11.0. The van der Waals surface area contributed by atoms with Crippen LogP contribution < -0.4 is 4.74 Å². The molecule has 0 heterocycles. The van der Waals surface area contributed by atoms with Crippen molar-refractivity contribution in [3.63, 3.8) is 0 Å². The van der Waals surface area contributed by atoms with E-state index in [1.54, 1.807) is 45.3 Å². The Kier molecular flexibility index (Phi) is 5.12. The lowest BCUT2D eigenvalue weighted by Gasteiger charge is -2.18. The lowest BCUT2D eigenvalue weighted by Crippen LogP contribution is -2.35. The molecule has 0 bridgehead atoms. The van der Waals surface area contributed by atoms with Crippen LogP contribution in [0.1, 0.15) is 17.3 Å². The maximum atomic E-state index is 11.9. The predicted molar refractivity (Wildman–Crippen MR) is 105 cm³/mol. The summed E-state index contributed by atoms with van der Waals surface area (Å²) in [7, 11) is 3.40. The van der Waals surface area contributed by atoms with Crippen LogP contribution in [0.3, 0.4) is 0 Å². The number of ether oxygens (including phenoxy) is 1. The first-order valence-corrected chi connectivity index (χ1v) is 8.60. The normalized spacial score (nSPS) is 11.8. The van der Waals surface area contributed by atoms with Crippen LogP contribution in [0.4, 0.5) is 0 Å². The molecule has 0 aliphatic carbocycles. The fourth-order valence-electron chi connectivity index (χ4n) is 2.90. The number of carboxylic acid groups (broad SMARTS) is 1. The highest BCUT2D eigenvalue weighted by Crippen LogP contribution is 2.27. The molecule has 0 spiro atoms. The van der Waals surface area contributed by atoms with Crippen LogP contribution in [0.15, 0.2) is 60.7 Å². The van der Waals surface area contributed by atoms with Gasteiger partial charge in [0.2, 0.25) is 0 Å². The molecule has 1 N–H and O–H groups in total. The van der Waals surface area contributed by atoms with Gasteiger partial charge in [0.1, 0.15) is 5.75 Å². The van der Waals surface area contributed by atoms with Crippen molar-refractivity contribution in [2.75, 3.05) is 14.1 Å². The molecule has 5 heteroatoms. The first-order chi connectivity index (χ1) is 12.8. The Labute approximate surface area is 157 Å². The van der Waals surface area contributed by atoms with Gasteiger partial charge in [-0.1, -0.05) is 30.3 Å². The first kappa shape index (κ1) is 18.5. The predicted octanol–water partition coefficient (Wildman–Crippen LogP) is 4.06. The van der Waals surface area contributed by atoms with Crippen LogP contribution in [0.2, 0.25) is 0 Å². The van der Waals surface area contributed by atoms with Crippen molar-refractivity contribution in [1.82, 2.24) is 4.90 Å². The number of aromatic carboxylic acids is 1. The van der Waals surface area contributed by atoms with Gasteiger partial charge in [-0.15, -0.1) is 0 Å². The van der Waals surface area contributed by atoms with E-state index in [0.717, 1.165) is 21.9 Å². The highest BCUT2D eigenvalue weighted by Gasteiger charge is 2.16. The number of nitrogens with zero attached hydrogens (tertiary/aromatic N) is 1. The molecule has 0 saturated carbocycles. The van der Waals surface area contributed by atoms with Crippen molar-refractivity contribution in [3.8, 4) is 16.9 Å². The van der Waals surface area contributed by atoms with Gasteiger partial charge in [0.15, 0.2) is 6.10 Å². The van der Waals surface area contributed by atoms with Crippen LogP contribution in [-0.4, -0.2) is 42.1 Å². The molecule has 0 aromatic heterocycles. The van der Waals surface area contributed by atoms with E-state index in [-0.39, 0.29) is 11.5 Å². The standard InChI is InChI=1S/C22H21NO4/c1-14(21(24)23(2)3)27-20-11-10-18-12-17(8-9-19(18)13-20)15-4-6-16(7-5-15)22(25)26/h4-14H,1-3H3,(H,25,26). The van der Waals surface area contributed by atoms with Gasteiger partial charge < -0.3 is 14.7 Å². The molecule has 3 aromatic carbocycles. The molecule has 5 nitrogen and oxygen atoms in total. The molecule has 0 saturated heterocycles. The highest BCUT2D eigenvalue weighted by molar-refractivity contribution is 5.90. The smallest absolute Gasteiger partial charge is 0.335 e. The number of rotatable bonds is 5. The number of benzene rings is 3. The van der Waals surface area contributed by atoms with E-state index in [2.05, 4.69) is 0 Å². The zero-order valence-corrected chi connectivity index (χ0v) is 15.5. The van der Waals surface area contributed by atoms with E-state index in [9.17, 15) is 9.59 Å². The Hall–Kier alpha value is -3.34. The average molecular weight is 363 g/mol. The molecule has 1 unspecified atom stereocenters. The van der Waals surface area contributed by atoms with Gasteiger partial charge >= 0.3 is 5.97 Å². The minimum Gasteiger partial charge on any atom is -0.481 e. The zero-order chi connectivity index (χ0) is 19.6. The number of amides is 1. The highest BCUT2D eigenvalue weighted by atomic mass is 16.5. The second-order valence-electron chi connectivity index (χ2n) is 6.60. The third-order valence-electron chi connectivity index (χ3n) is 4.38.